The largest absolute Gasteiger partial charge is 0.389 e. The number of ether oxygens (including phenoxy) is 1. The van der Waals surface area contributed by atoms with E-state index in [4.69, 9.17) is 0 Å². The molecule has 0 atom stereocenters. The molecule has 3 nitrogen and oxygen atoms in total. The van der Waals surface area contributed by atoms with Gasteiger partial charge in [-0.05, 0) is 12.8 Å². The number of esters is 2. The first-order chi connectivity index (χ1) is 12.2. The predicted molar refractivity (Wildman–Crippen MR) is 103 cm³/mol. The lowest BCUT2D eigenvalue weighted by Crippen LogP contribution is -1.96. The number of carbonyl (C=O) groups excluding carboxylic acids is 2. The van der Waals surface area contributed by atoms with Crippen LogP contribution in [0.15, 0.2) is 11.6 Å². The van der Waals surface area contributed by atoms with E-state index in [1.807, 2.05) is 6.08 Å². The van der Waals surface area contributed by atoms with Gasteiger partial charge < -0.3 is 4.74 Å². The van der Waals surface area contributed by atoms with Crippen molar-refractivity contribution in [3.63, 3.8) is 0 Å². The average molecular weight is 351 g/mol. The number of hydrogen-bond acceptors (Lipinski definition) is 3. The van der Waals surface area contributed by atoms with Crippen molar-refractivity contribution in [3.05, 3.63) is 11.6 Å². The van der Waals surface area contributed by atoms with Crippen LogP contribution in [0, 0.1) is 0 Å². The van der Waals surface area contributed by atoms with Crippen LogP contribution in [0.5, 0.6) is 0 Å². The average Bonchev–Trinajstić information content (AvgIpc) is 2.92. The first kappa shape index (κ1) is 21.9. The SMILES string of the molecule is CCCCCCCCCCCCCCCCC/C=C1/CC(=O)OC1=O. The fourth-order valence-corrected chi connectivity index (χ4v) is 3.38. The van der Waals surface area contributed by atoms with Gasteiger partial charge in [0.15, 0.2) is 0 Å². The normalized spacial score (nSPS) is 16.0. The van der Waals surface area contributed by atoms with Gasteiger partial charge in [-0.25, -0.2) is 4.79 Å². The van der Waals surface area contributed by atoms with Crippen molar-refractivity contribution in [1.29, 1.82) is 0 Å². The predicted octanol–water partition coefficient (Wildman–Crippen LogP) is 6.65. The number of rotatable bonds is 16. The molecule has 0 amide bonds. The van der Waals surface area contributed by atoms with Gasteiger partial charge in [-0.2, -0.15) is 0 Å². The standard InChI is InChI=1S/C22H38O3/c1-2-3-4-5-6-7-8-9-10-11-12-13-14-15-16-17-18-20-19-21(23)25-22(20)24/h18H,2-17,19H2,1H3/b20-18-. The van der Waals surface area contributed by atoms with Crippen LogP contribution in [0.2, 0.25) is 0 Å². The highest BCUT2D eigenvalue weighted by Crippen LogP contribution is 2.17. The second-order valence-corrected chi connectivity index (χ2v) is 7.41. The van der Waals surface area contributed by atoms with Gasteiger partial charge in [0, 0.05) is 5.57 Å². The molecule has 3 heteroatoms. The Labute approximate surface area is 154 Å². The Morgan fingerprint density at radius 1 is 0.720 bits per heavy atom. The second-order valence-electron chi connectivity index (χ2n) is 7.41. The van der Waals surface area contributed by atoms with Gasteiger partial charge in [-0.15, -0.1) is 0 Å². The Morgan fingerprint density at radius 2 is 1.16 bits per heavy atom. The summed E-state index contributed by atoms with van der Waals surface area (Å²) in [6.07, 6.45) is 23.3. The summed E-state index contributed by atoms with van der Waals surface area (Å²) in [5.74, 6) is -0.848. The molecule has 0 N–H and O–H groups in total. The number of carbonyl (C=O) groups is 2. The van der Waals surface area contributed by atoms with E-state index in [-0.39, 0.29) is 6.42 Å². The second kappa shape index (κ2) is 15.2. The summed E-state index contributed by atoms with van der Waals surface area (Å²) in [7, 11) is 0. The Bertz CT molecular complexity index is 398. The van der Waals surface area contributed by atoms with E-state index >= 15 is 0 Å². The maximum atomic E-state index is 11.3. The Morgan fingerprint density at radius 3 is 1.56 bits per heavy atom. The van der Waals surface area contributed by atoms with Gasteiger partial charge in [0.2, 0.25) is 0 Å². The molecule has 0 aromatic carbocycles. The molecule has 25 heavy (non-hydrogen) atoms. The summed E-state index contributed by atoms with van der Waals surface area (Å²) >= 11 is 0. The molecule has 1 rings (SSSR count). The number of allylic oxidation sites excluding steroid dienone is 1. The zero-order chi connectivity index (χ0) is 18.2. The lowest BCUT2D eigenvalue weighted by Gasteiger charge is -2.03. The molecule has 1 heterocycles. The minimum Gasteiger partial charge on any atom is -0.389 e. The zero-order valence-electron chi connectivity index (χ0n) is 16.3. The van der Waals surface area contributed by atoms with E-state index in [0.29, 0.717) is 5.57 Å². The van der Waals surface area contributed by atoms with Gasteiger partial charge in [-0.1, -0.05) is 103 Å². The van der Waals surface area contributed by atoms with Crippen LogP contribution in [-0.2, 0) is 14.3 Å². The monoisotopic (exact) mass is 350 g/mol. The third kappa shape index (κ3) is 12.0. The van der Waals surface area contributed by atoms with Crippen LogP contribution in [0.4, 0.5) is 0 Å². The first-order valence-corrected chi connectivity index (χ1v) is 10.7. The molecule has 0 spiro atoms. The number of hydrogen-bond donors (Lipinski definition) is 0. The van der Waals surface area contributed by atoms with Crippen molar-refractivity contribution in [1.82, 2.24) is 0 Å². The summed E-state index contributed by atoms with van der Waals surface area (Å²) in [6, 6.07) is 0. The summed E-state index contributed by atoms with van der Waals surface area (Å²) in [4.78, 5) is 22.2. The fourth-order valence-electron chi connectivity index (χ4n) is 3.38. The topological polar surface area (TPSA) is 43.4 Å². The molecule has 0 unspecified atom stereocenters. The lowest BCUT2D eigenvalue weighted by molar-refractivity contribution is -0.151. The van der Waals surface area contributed by atoms with Crippen molar-refractivity contribution < 1.29 is 14.3 Å². The van der Waals surface area contributed by atoms with E-state index in [2.05, 4.69) is 11.7 Å². The molecule has 0 bridgehead atoms. The molecule has 0 radical (unpaired) electrons. The highest BCUT2D eigenvalue weighted by molar-refractivity contribution is 6.05. The van der Waals surface area contributed by atoms with Gasteiger partial charge >= 0.3 is 11.9 Å². The quantitative estimate of drug-likeness (QED) is 0.135. The Hall–Kier alpha value is -1.12. The van der Waals surface area contributed by atoms with Gasteiger partial charge in [-0.3, -0.25) is 4.79 Å². The zero-order valence-corrected chi connectivity index (χ0v) is 16.3. The molecule has 0 aromatic rings. The molecule has 0 saturated carbocycles. The fraction of sp³-hybridized carbons (Fsp3) is 0.818. The van der Waals surface area contributed by atoms with E-state index < -0.39 is 11.9 Å². The van der Waals surface area contributed by atoms with E-state index in [0.717, 1.165) is 12.8 Å². The number of cyclic esters (lactones) is 2. The van der Waals surface area contributed by atoms with Crippen molar-refractivity contribution in [2.75, 3.05) is 0 Å². The summed E-state index contributed by atoms with van der Waals surface area (Å²) in [5.41, 5.74) is 0.551. The Balaban J connectivity index is 1.77. The first-order valence-electron chi connectivity index (χ1n) is 10.7. The van der Waals surface area contributed by atoms with Crippen LogP contribution in [-0.4, -0.2) is 11.9 Å². The Kier molecular flexibility index (Phi) is 13.3. The molecule has 1 aliphatic rings. The van der Waals surface area contributed by atoms with Gasteiger partial charge in [0.05, 0.1) is 6.42 Å². The van der Waals surface area contributed by atoms with Crippen LogP contribution in [0.3, 0.4) is 0 Å². The van der Waals surface area contributed by atoms with Gasteiger partial charge in [0.1, 0.15) is 0 Å². The third-order valence-electron chi connectivity index (χ3n) is 5.00. The lowest BCUT2D eigenvalue weighted by atomic mass is 10.0. The highest BCUT2D eigenvalue weighted by Gasteiger charge is 2.26. The molecular weight excluding hydrogens is 312 g/mol. The summed E-state index contributed by atoms with van der Waals surface area (Å²) in [6.45, 7) is 2.27. The molecule has 1 aliphatic heterocycles. The third-order valence-corrected chi connectivity index (χ3v) is 5.00. The summed E-state index contributed by atoms with van der Waals surface area (Å²) in [5, 5.41) is 0. The van der Waals surface area contributed by atoms with E-state index in [9.17, 15) is 9.59 Å². The van der Waals surface area contributed by atoms with Crippen LogP contribution >= 0.6 is 0 Å². The van der Waals surface area contributed by atoms with Crippen molar-refractivity contribution >= 4 is 11.9 Å². The smallest absolute Gasteiger partial charge is 0.341 e. The van der Waals surface area contributed by atoms with Gasteiger partial charge in [0.25, 0.3) is 0 Å². The van der Waals surface area contributed by atoms with Crippen LogP contribution in [0.25, 0.3) is 0 Å². The molecule has 0 aromatic heterocycles. The highest BCUT2D eigenvalue weighted by atomic mass is 16.6. The van der Waals surface area contributed by atoms with Crippen LogP contribution < -0.4 is 0 Å². The van der Waals surface area contributed by atoms with Crippen molar-refractivity contribution in [2.24, 2.45) is 0 Å². The van der Waals surface area contributed by atoms with Crippen LogP contribution in [0.1, 0.15) is 116 Å². The maximum Gasteiger partial charge on any atom is 0.341 e. The molecule has 1 fully saturated rings. The van der Waals surface area contributed by atoms with E-state index in [1.54, 1.807) is 0 Å². The molecule has 0 aliphatic carbocycles. The minimum atomic E-state index is -0.439. The number of unbranched alkanes of at least 4 members (excludes halogenated alkanes) is 15. The minimum absolute atomic E-state index is 0.164. The van der Waals surface area contributed by atoms with E-state index in [1.165, 1.54) is 89.9 Å². The van der Waals surface area contributed by atoms with Crippen molar-refractivity contribution in [3.8, 4) is 0 Å². The summed E-state index contributed by atoms with van der Waals surface area (Å²) < 4.78 is 4.51. The molecule has 144 valence electrons. The maximum absolute atomic E-state index is 11.3. The van der Waals surface area contributed by atoms with Crippen molar-refractivity contribution in [2.45, 2.75) is 116 Å². The molecular formula is C22H38O3. The molecule has 1 saturated heterocycles.